The molecule has 0 heterocycles. The third kappa shape index (κ3) is 68.3. The highest BCUT2D eigenvalue weighted by Crippen LogP contribution is 2.19. The van der Waals surface area contributed by atoms with Crippen LogP contribution in [0.2, 0.25) is 0 Å². The Morgan fingerprint density at radius 3 is 1.00 bits per heavy atom. The van der Waals surface area contributed by atoms with Gasteiger partial charge in [0.15, 0.2) is 12.4 Å². The fraction of sp³-hybridized carbons (Fsp3) is 0.829. The Balaban J connectivity index is 3.97. The molecule has 0 fully saturated rings. The van der Waals surface area contributed by atoms with Crippen molar-refractivity contribution in [1.82, 2.24) is 0 Å². The molecule has 496 valence electrons. The van der Waals surface area contributed by atoms with Crippen molar-refractivity contribution in [2.45, 2.75) is 360 Å². The quantitative estimate of drug-likeness (QED) is 0.0195. The van der Waals surface area contributed by atoms with Crippen LogP contribution in [0.4, 0.5) is 0 Å². The monoisotopic (exact) mass is 1190 g/mol. The predicted octanol–water partition coefficient (Wildman–Crippen LogP) is 21.4. The van der Waals surface area contributed by atoms with Crippen LogP contribution in [0.5, 0.6) is 0 Å². The first-order chi connectivity index (χ1) is 41.6. The lowest BCUT2D eigenvalue weighted by atomic mass is 10.0. The fourth-order valence-corrected chi connectivity index (χ4v) is 10.7. The number of hydrogen-bond acceptors (Lipinski definition) is 8. The predicted molar refractivity (Wildman–Crippen MR) is 362 cm³/mol. The number of hydrogen-bond donors (Lipinski definition) is 0. The summed E-state index contributed by atoms with van der Waals surface area (Å²) in [5, 5.41) is 11.8. The number of allylic oxidation sites excluding steroid dienone is 10. The molecule has 0 aliphatic carbocycles. The zero-order valence-electron chi connectivity index (χ0n) is 56.7. The Kier molecular flexibility index (Phi) is 64.6. The maximum atomic E-state index is 12.9. The van der Waals surface area contributed by atoms with E-state index in [0.29, 0.717) is 17.4 Å². The molecule has 0 N–H and O–H groups in total. The lowest BCUT2D eigenvalue weighted by Gasteiger charge is -2.26. The van der Waals surface area contributed by atoms with Crippen LogP contribution in [-0.2, 0) is 33.3 Å². The van der Waals surface area contributed by atoms with Crippen LogP contribution >= 0.6 is 0 Å². The molecule has 0 aliphatic heterocycles. The van der Waals surface area contributed by atoms with Gasteiger partial charge in [-0.05, 0) is 57.8 Å². The highest BCUT2D eigenvalue weighted by atomic mass is 16.7. The van der Waals surface area contributed by atoms with E-state index in [-0.39, 0.29) is 38.6 Å². The molecule has 0 aromatic rings. The minimum Gasteiger partial charge on any atom is -0.545 e. The smallest absolute Gasteiger partial charge is 0.306 e. The summed E-state index contributed by atoms with van der Waals surface area (Å²) in [5.74, 6) is -2.30. The van der Waals surface area contributed by atoms with Crippen LogP contribution in [0.15, 0.2) is 60.8 Å². The molecule has 2 unspecified atom stereocenters. The summed E-state index contributed by atoms with van der Waals surface area (Å²) in [4.78, 5) is 37.4. The van der Waals surface area contributed by atoms with Gasteiger partial charge in [0, 0.05) is 12.8 Å². The molecule has 0 rings (SSSR count). The molecule has 2 atom stereocenters. The molecule has 0 saturated carbocycles. The largest absolute Gasteiger partial charge is 0.545 e. The van der Waals surface area contributed by atoms with Crippen LogP contribution in [0, 0.1) is 0 Å². The third-order valence-corrected chi connectivity index (χ3v) is 16.3. The first-order valence-corrected chi connectivity index (χ1v) is 36.4. The average Bonchev–Trinajstić information content (AvgIpc) is 3.48. The first-order valence-electron chi connectivity index (χ1n) is 36.4. The fourth-order valence-electron chi connectivity index (χ4n) is 10.7. The Bertz CT molecular complexity index is 1580. The van der Waals surface area contributed by atoms with Gasteiger partial charge in [0.25, 0.3) is 0 Å². The number of unbranched alkanes of at least 4 members (excludes halogenated alkanes) is 43. The van der Waals surface area contributed by atoms with Crippen LogP contribution < -0.4 is 5.11 Å². The molecule has 0 radical (unpaired) electrons. The zero-order valence-corrected chi connectivity index (χ0v) is 56.7. The molecule has 0 saturated heterocycles. The number of quaternary nitrogens is 1. The normalized spacial score (nSPS) is 13.0. The SMILES string of the molecule is CC/C=C\C/C=C\C/C=C\C/C=C\C/C=C\CCCCCCCC(=O)OC(COC(=O)CCCCCCCCCCCCCCCCCCCCCCCCCCCCCCCCCCCCCCCCC)COC(OCC[N+](C)(C)C)C(=O)[O-]. The summed E-state index contributed by atoms with van der Waals surface area (Å²) < 4.78 is 22.8. The third-order valence-electron chi connectivity index (χ3n) is 16.3. The number of carboxylic acids is 1. The van der Waals surface area contributed by atoms with Crippen molar-refractivity contribution in [1.29, 1.82) is 0 Å². The molecule has 0 spiro atoms. The summed E-state index contributed by atoms with van der Waals surface area (Å²) >= 11 is 0. The van der Waals surface area contributed by atoms with Gasteiger partial charge in [-0.3, -0.25) is 9.59 Å². The lowest BCUT2D eigenvalue weighted by molar-refractivity contribution is -0.870. The summed E-state index contributed by atoms with van der Waals surface area (Å²) in [5.41, 5.74) is 0. The summed E-state index contributed by atoms with van der Waals surface area (Å²) in [6.07, 6.45) is 84.9. The second-order valence-corrected chi connectivity index (χ2v) is 25.9. The van der Waals surface area contributed by atoms with Crippen LogP contribution in [0.25, 0.3) is 0 Å². The lowest BCUT2D eigenvalue weighted by Crippen LogP contribution is -2.44. The molecule has 0 amide bonds. The van der Waals surface area contributed by atoms with Gasteiger partial charge in [-0.1, -0.05) is 338 Å². The molecule has 0 aliphatic rings. The number of aliphatic carboxylic acids is 1. The van der Waals surface area contributed by atoms with E-state index in [9.17, 15) is 19.5 Å². The summed E-state index contributed by atoms with van der Waals surface area (Å²) in [7, 11) is 5.93. The average molecular weight is 1190 g/mol. The molecule has 85 heavy (non-hydrogen) atoms. The van der Waals surface area contributed by atoms with Crippen molar-refractivity contribution in [3.05, 3.63) is 60.8 Å². The minimum absolute atomic E-state index is 0.143. The van der Waals surface area contributed by atoms with E-state index in [1.165, 1.54) is 231 Å². The van der Waals surface area contributed by atoms with E-state index in [0.717, 1.165) is 83.5 Å². The molecule has 0 aromatic carbocycles. The van der Waals surface area contributed by atoms with Gasteiger partial charge in [0.05, 0.1) is 40.3 Å². The first kappa shape index (κ1) is 82.0. The van der Waals surface area contributed by atoms with Crippen molar-refractivity contribution in [3.63, 3.8) is 0 Å². The zero-order chi connectivity index (χ0) is 61.9. The van der Waals surface area contributed by atoms with E-state index in [4.69, 9.17) is 18.9 Å². The van der Waals surface area contributed by atoms with Crippen molar-refractivity contribution in [3.8, 4) is 0 Å². The van der Waals surface area contributed by atoms with E-state index >= 15 is 0 Å². The van der Waals surface area contributed by atoms with Crippen molar-refractivity contribution in [2.75, 3.05) is 47.5 Å². The number of rotatable bonds is 68. The number of likely N-dealkylation sites (N-methyl/N-ethyl adjacent to an activating group) is 1. The Labute approximate surface area is 526 Å². The molecule has 9 nitrogen and oxygen atoms in total. The van der Waals surface area contributed by atoms with Crippen LogP contribution in [-0.4, -0.2) is 82.3 Å². The van der Waals surface area contributed by atoms with Crippen molar-refractivity contribution in [2.24, 2.45) is 0 Å². The second kappa shape index (κ2) is 66.9. The van der Waals surface area contributed by atoms with Crippen molar-refractivity contribution >= 4 is 17.9 Å². The highest BCUT2D eigenvalue weighted by Gasteiger charge is 2.22. The number of ether oxygens (including phenoxy) is 4. The van der Waals surface area contributed by atoms with Gasteiger partial charge in [-0.2, -0.15) is 0 Å². The molecule has 0 bridgehead atoms. The number of carbonyl (C=O) groups excluding carboxylic acids is 3. The van der Waals surface area contributed by atoms with Gasteiger partial charge in [0.1, 0.15) is 13.2 Å². The molecular formula is C76H139NO8. The van der Waals surface area contributed by atoms with Gasteiger partial charge in [-0.15, -0.1) is 0 Å². The maximum Gasteiger partial charge on any atom is 0.306 e. The second-order valence-electron chi connectivity index (χ2n) is 25.9. The van der Waals surface area contributed by atoms with Gasteiger partial charge >= 0.3 is 11.9 Å². The summed E-state index contributed by atoms with van der Waals surface area (Å²) in [6, 6.07) is 0. The topological polar surface area (TPSA) is 111 Å². The van der Waals surface area contributed by atoms with Crippen LogP contribution in [0.3, 0.4) is 0 Å². The van der Waals surface area contributed by atoms with Gasteiger partial charge in [0.2, 0.25) is 0 Å². The number of carboxylic acid groups (broad SMARTS) is 1. The van der Waals surface area contributed by atoms with E-state index < -0.39 is 24.3 Å². The Hall–Kier alpha value is -3.01. The Morgan fingerprint density at radius 1 is 0.365 bits per heavy atom. The van der Waals surface area contributed by atoms with Gasteiger partial charge < -0.3 is 33.3 Å². The number of carbonyl (C=O) groups is 3. The molecule has 0 aromatic heterocycles. The molecular weight excluding hydrogens is 1050 g/mol. The standard InChI is InChI=1S/C76H139NO8/c1-6-8-10-12-14-16-18-20-22-24-26-28-29-30-31-32-33-34-35-36-37-38-39-40-41-42-43-44-45-47-48-50-52-54-56-58-60-62-64-66-73(78)83-70-72(71-84-76(75(80)81)82-69-68-77(3,4)5)85-74(79)67-65-63-61-59-57-55-53-51-49-46-27-25-23-21-19-17-15-13-11-9-7-2/h9,11,15,17,21,23,27,46,51,53,72,76H,6-8,10,12-14,16,18-20,22,24-26,28-45,47-50,52,54-71H2,1-5H3/b11-9-,17-15-,23-21-,46-27-,53-51-. The van der Waals surface area contributed by atoms with Gasteiger partial charge in [-0.25, -0.2) is 0 Å². The Morgan fingerprint density at radius 2 is 0.671 bits per heavy atom. The number of esters is 2. The minimum atomic E-state index is -1.63. The molecule has 9 heteroatoms. The number of nitrogens with zero attached hydrogens (tertiary/aromatic N) is 1. The summed E-state index contributed by atoms with van der Waals surface area (Å²) in [6.45, 7) is 4.66. The van der Waals surface area contributed by atoms with E-state index in [1.807, 2.05) is 21.1 Å². The van der Waals surface area contributed by atoms with E-state index in [2.05, 4.69) is 74.6 Å². The van der Waals surface area contributed by atoms with Crippen molar-refractivity contribution < 1.29 is 42.9 Å². The highest BCUT2D eigenvalue weighted by molar-refractivity contribution is 5.70. The van der Waals surface area contributed by atoms with Crippen LogP contribution in [0.1, 0.15) is 348 Å². The maximum absolute atomic E-state index is 12.9. The van der Waals surface area contributed by atoms with E-state index in [1.54, 1.807) is 0 Å².